The summed E-state index contributed by atoms with van der Waals surface area (Å²) in [6, 6.07) is 7.10. The summed E-state index contributed by atoms with van der Waals surface area (Å²) in [6.07, 6.45) is 0.288. The van der Waals surface area contributed by atoms with E-state index in [1.807, 2.05) is 12.1 Å². The third-order valence-corrected chi connectivity index (χ3v) is 4.46. The highest BCUT2D eigenvalue weighted by atomic mass is 19.4. The lowest BCUT2D eigenvalue weighted by molar-refractivity contribution is -0.0601. The first-order valence-corrected chi connectivity index (χ1v) is 9.56. The van der Waals surface area contributed by atoms with Gasteiger partial charge in [0.05, 0.1) is 5.70 Å². The van der Waals surface area contributed by atoms with Crippen LogP contribution in [0.1, 0.15) is 64.0 Å². The number of aliphatic imine (C=N–C) groups is 1. The summed E-state index contributed by atoms with van der Waals surface area (Å²) in [6.45, 7) is 14.4. The molecule has 0 aliphatic rings. The number of halogens is 3. The lowest BCUT2D eigenvalue weighted by Crippen LogP contribution is -2.22. The lowest BCUT2D eigenvalue weighted by Gasteiger charge is -2.15. The molecule has 0 heterocycles. The summed E-state index contributed by atoms with van der Waals surface area (Å²) in [5, 5.41) is 3.34. The van der Waals surface area contributed by atoms with Gasteiger partial charge >= 0.3 is 6.18 Å². The van der Waals surface area contributed by atoms with Crippen LogP contribution in [0.15, 0.2) is 42.4 Å². The number of nitrogens with zero attached hydrogens (tertiary/aromatic N) is 1. The largest absolute Gasteiger partial charge is 0.429 e. The van der Waals surface area contributed by atoms with Crippen LogP contribution in [0.25, 0.3) is 11.4 Å². The minimum atomic E-state index is -4.43. The molecule has 1 aromatic carbocycles. The first kappa shape index (κ1) is 23.0. The molecule has 0 aromatic heterocycles. The van der Waals surface area contributed by atoms with Gasteiger partial charge in [-0.1, -0.05) is 77.5 Å². The summed E-state index contributed by atoms with van der Waals surface area (Å²) in [5.74, 6) is 0.566. The Bertz CT molecular complexity index is 643. The second-order valence-electron chi connectivity index (χ2n) is 6.89. The van der Waals surface area contributed by atoms with Crippen LogP contribution in [0.4, 0.5) is 13.2 Å². The monoisotopic (exact) mass is 380 g/mol. The molecule has 27 heavy (non-hydrogen) atoms. The van der Waals surface area contributed by atoms with Crippen LogP contribution in [0.2, 0.25) is 0 Å². The van der Waals surface area contributed by atoms with Gasteiger partial charge in [0, 0.05) is 12.2 Å². The van der Waals surface area contributed by atoms with Gasteiger partial charge in [-0.25, -0.2) is 4.99 Å². The smallest absolute Gasteiger partial charge is 0.385 e. The van der Waals surface area contributed by atoms with Crippen molar-refractivity contribution in [1.82, 2.24) is 5.32 Å². The number of unbranched alkanes of at least 4 members (excludes halogenated alkanes) is 2. The van der Waals surface area contributed by atoms with Crippen LogP contribution >= 0.6 is 0 Å². The van der Waals surface area contributed by atoms with Crippen molar-refractivity contribution in [2.24, 2.45) is 10.9 Å². The van der Waals surface area contributed by atoms with Gasteiger partial charge in [0.2, 0.25) is 0 Å². The van der Waals surface area contributed by atoms with E-state index in [-0.39, 0.29) is 12.1 Å². The van der Waals surface area contributed by atoms with Crippen molar-refractivity contribution in [2.45, 2.75) is 59.1 Å². The molecule has 0 fully saturated rings. The molecular weight excluding hydrogens is 349 g/mol. The molecule has 0 radical (unpaired) electrons. The highest BCUT2D eigenvalue weighted by Crippen LogP contribution is 2.24. The van der Waals surface area contributed by atoms with E-state index in [9.17, 15) is 13.2 Å². The van der Waals surface area contributed by atoms with Crippen LogP contribution in [0.3, 0.4) is 0 Å². The lowest BCUT2D eigenvalue weighted by atomic mass is 10.0. The van der Waals surface area contributed by atoms with Crippen LogP contribution in [0.5, 0.6) is 0 Å². The van der Waals surface area contributed by atoms with Crippen molar-refractivity contribution < 1.29 is 13.2 Å². The van der Waals surface area contributed by atoms with Crippen LogP contribution in [-0.4, -0.2) is 18.4 Å². The predicted octanol–water partition coefficient (Wildman–Crippen LogP) is 6.85. The Kier molecular flexibility index (Phi) is 9.33. The van der Waals surface area contributed by atoms with Gasteiger partial charge in [-0.2, -0.15) is 13.2 Å². The first-order valence-electron chi connectivity index (χ1n) is 9.56. The molecule has 1 atom stereocenters. The number of hydrogen-bond acceptors (Lipinski definition) is 2. The standard InChI is InChI=1S/C22H31F3N2/c1-6-8-9-10-16(3)15-26-17(4)19-11-13-20(14-12-19)18(5)27-21(7-2)22(23,24)25/h11-14,16,26H,4-10,15H2,1-3H3. The van der Waals surface area contributed by atoms with Crippen LogP contribution in [-0.2, 0) is 0 Å². The topological polar surface area (TPSA) is 24.4 Å². The van der Waals surface area contributed by atoms with E-state index in [1.165, 1.54) is 32.6 Å². The average Bonchev–Trinajstić information content (AvgIpc) is 2.63. The third-order valence-electron chi connectivity index (χ3n) is 4.46. The summed E-state index contributed by atoms with van der Waals surface area (Å²) >= 11 is 0. The predicted molar refractivity (Wildman–Crippen MR) is 110 cm³/mol. The van der Waals surface area contributed by atoms with E-state index in [1.54, 1.807) is 12.1 Å². The quantitative estimate of drug-likeness (QED) is 0.329. The molecule has 0 aliphatic carbocycles. The van der Waals surface area contributed by atoms with Gasteiger partial charge < -0.3 is 5.32 Å². The Morgan fingerprint density at radius 2 is 1.67 bits per heavy atom. The molecule has 0 saturated carbocycles. The number of nitrogens with one attached hydrogen (secondary N) is 1. The van der Waals surface area contributed by atoms with Gasteiger partial charge in [0.25, 0.3) is 0 Å². The van der Waals surface area contributed by atoms with Crippen molar-refractivity contribution >= 4 is 17.1 Å². The van der Waals surface area contributed by atoms with E-state index in [0.29, 0.717) is 11.5 Å². The van der Waals surface area contributed by atoms with Crippen molar-refractivity contribution in [1.29, 1.82) is 0 Å². The zero-order valence-electron chi connectivity index (χ0n) is 16.6. The van der Waals surface area contributed by atoms with Gasteiger partial charge in [-0.05, 0) is 29.9 Å². The highest BCUT2D eigenvalue weighted by Gasteiger charge is 2.34. The molecule has 2 nitrogen and oxygen atoms in total. The second-order valence-corrected chi connectivity index (χ2v) is 6.89. The molecule has 5 heteroatoms. The Morgan fingerprint density at radius 1 is 1.07 bits per heavy atom. The number of benzene rings is 1. The Balaban J connectivity index is 2.66. The molecule has 1 rings (SSSR count). The molecule has 0 saturated heterocycles. The molecule has 1 N–H and O–H groups in total. The maximum atomic E-state index is 12.8. The first-order chi connectivity index (χ1) is 12.7. The van der Waals surface area contributed by atoms with Gasteiger partial charge in [0.15, 0.2) is 0 Å². The number of hydrogen-bond donors (Lipinski definition) is 1. The molecule has 150 valence electrons. The molecule has 0 aliphatic heterocycles. The van der Waals surface area contributed by atoms with Crippen molar-refractivity contribution in [3.05, 3.63) is 48.6 Å². The minimum absolute atomic E-state index is 0.110. The second kappa shape index (κ2) is 11.0. The molecule has 0 bridgehead atoms. The fraction of sp³-hybridized carbons (Fsp3) is 0.500. The summed E-state index contributed by atoms with van der Waals surface area (Å²) in [5.41, 5.74) is 1.57. The maximum absolute atomic E-state index is 12.8. The van der Waals surface area contributed by atoms with E-state index in [0.717, 1.165) is 17.8 Å². The normalized spacial score (nSPS) is 13.3. The molecule has 0 spiro atoms. The Hall–Kier alpha value is -2.04. The fourth-order valence-corrected chi connectivity index (χ4v) is 2.68. The van der Waals surface area contributed by atoms with Gasteiger partial charge in [-0.3, -0.25) is 0 Å². The zero-order chi connectivity index (χ0) is 20.4. The van der Waals surface area contributed by atoms with Crippen LogP contribution < -0.4 is 5.32 Å². The van der Waals surface area contributed by atoms with E-state index in [4.69, 9.17) is 0 Å². The van der Waals surface area contributed by atoms with E-state index >= 15 is 0 Å². The average molecular weight is 380 g/mol. The highest BCUT2D eigenvalue weighted by molar-refractivity contribution is 5.93. The summed E-state index contributed by atoms with van der Waals surface area (Å²) in [7, 11) is 0. The minimum Gasteiger partial charge on any atom is -0.385 e. The zero-order valence-corrected chi connectivity index (χ0v) is 16.6. The van der Waals surface area contributed by atoms with Crippen molar-refractivity contribution in [3.8, 4) is 0 Å². The van der Waals surface area contributed by atoms with Gasteiger partial charge in [-0.15, -0.1) is 0 Å². The molecule has 0 amide bonds. The number of rotatable bonds is 11. The Labute approximate surface area is 161 Å². The molecular formula is C22H31F3N2. The van der Waals surface area contributed by atoms with Crippen LogP contribution in [0, 0.1) is 5.92 Å². The summed E-state index contributed by atoms with van der Waals surface area (Å²) < 4.78 is 38.5. The SMILES string of the molecule is C=C(N=C(CC)C(F)(F)F)c1ccc(C(=C)NCC(C)CCCCC)cc1. The molecule has 1 unspecified atom stereocenters. The number of alkyl halides is 3. The maximum Gasteiger partial charge on any atom is 0.429 e. The fourth-order valence-electron chi connectivity index (χ4n) is 2.68. The Morgan fingerprint density at radius 3 is 2.19 bits per heavy atom. The van der Waals surface area contributed by atoms with E-state index in [2.05, 4.69) is 37.3 Å². The molecule has 1 aromatic rings. The van der Waals surface area contributed by atoms with E-state index < -0.39 is 11.9 Å². The third kappa shape index (κ3) is 8.02. The van der Waals surface area contributed by atoms with Crippen molar-refractivity contribution in [2.75, 3.05) is 6.54 Å². The van der Waals surface area contributed by atoms with Crippen molar-refractivity contribution in [3.63, 3.8) is 0 Å². The summed E-state index contributed by atoms with van der Waals surface area (Å²) in [4.78, 5) is 3.67. The van der Waals surface area contributed by atoms with Gasteiger partial charge in [0.1, 0.15) is 5.71 Å².